The maximum absolute atomic E-state index is 13.1. The number of anilines is 1. The number of nitrogens with one attached hydrogen (secondary N) is 2. The summed E-state index contributed by atoms with van der Waals surface area (Å²) in [7, 11) is 0. The number of urea groups is 1. The molecule has 2 N–H and O–H groups in total. The third kappa shape index (κ3) is 5.02. The Hall–Kier alpha value is -4.65. The molecule has 0 aliphatic carbocycles. The van der Waals surface area contributed by atoms with Crippen LogP contribution < -0.4 is 10.6 Å². The van der Waals surface area contributed by atoms with Crippen LogP contribution in [0.4, 0.5) is 10.5 Å². The molecule has 1 fully saturated rings. The normalized spacial score (nSPS) is 14.4. The van der Waals surface area contributed by atoms with Crippen LogP contribution in [0.25, 0.3) is 17.0 Å². The number of imide groups is 1. The van der Waals surface area contributed by atoms with Crippen molar-refractivity contribution < 1.29 is 14.4 Å². The molecule has 1 saturated heterocycles. The third-order valence-electron chi connectivity index (χ3n) is 6.53. The maximum atomic E-state index is 13.1. The van der Waals surface area contributed by atoms with Crippen LogP contribution in [0.1, 0.15) is 29.2 Å². The Labute approximate surface area is 215 Å². The fraction of sp³-hybridized carbons (Fsp3) is 0.167. The van der Waals surface area contributed by atoms with Crippen molar-refractivity contribution in [2.24, 2.45) is 0 Å². The summed E-state index contributed by atoms with van der Waals surface area (Å²) < 4.78 is 2.13. The first-order valence-electron chi connectivity index (χ1n) is 12.3. The highest BCUT2D eigenvalue weighted by molar-refractivity contribution is 6.16. The molecule has 0 atom stereocenters. The summed E-state index contributed by atoms with van der Waals surface area (Å²) in [6, 6.07) is 23.2. The molecule has 37 heavy (non-hydrogen) atoms. The standard InChI is InChI=1S/C30H28N4O3/c1-3-22-8-4-6-10-25(22)31-28(35)19-34-29(36)26(32-30(34)37)16-23-18-33(27-11-7-5-9-24(23)27)17-21-14-12-20(2)13-15-21/h4-16,18H,3,17,19H2,1-2H3,(H,31,35)(H,32,37)/b26-16+. The molecule has 0 bridgehead atoms. The number of nitrogens with zero attached hydrogens (tertiary/aromatic N) is 2. The van der Waals surface area contributed by atoms with Gasteiger partial charge in [-0.1, -0.05) is 73.2 Å². The van der Waals surface area contributed by atoms with Crippen LogP contribution in [-0.4, -0.2) is 33.9 Å². The number of hydrogen-bond donors (Lipinski definition) is 2. The van der Waals surface area contributed by atoms with Gasteiger partial charge in [0.2, 0.25) is 5.91 Å². The topological polar surface area (TPSA) is 83.4 Å². The summed E-state index contributed by atoms with van der Waals surface area (Å²) in [5.74, 6) is -0.959. The summed E-state index contributed by atoms with van der Waals surface area (Å²) in [4.78, 5) is 39.3. The number of para-hydroxylation sites is 2. The van der Waals surface area contributed by atoms with Crippen molar-refractivity contribution in [1.29, 1.82) is 0 Å². The van der Waals surface area contributed by atoms with Crippen molar-refractivity contribution in [1.82, 2.24) is 14.8 Å². The van der Waals surface area contributed by atoms with E-state index in [9.17, 15) is 14.4 Å². The van der Waals surface area contributed by atoms with Crippen molar-refractivity contribution in [2.75, 3.05) is 11.9 Å². The molecule has 186 valence electrons. The van der Waals surface area contributed by atoms with Crippen molar-refractivity contribution in [3.05, 3.63) is 107 Å². The maximum Gasteiger partial charge on any atom is 0.329 e. The highest BCUT2D eigenvalue weighted by atomic mass is 16.2. The fourth-order valence-electron chi connectivity index (χ4n) is 4.57. The minimum atomic E-state index is -0.612. The van der Waals surface area contributed by atoms with Crippen molar-refractivity contribution in [3.63, 3.8) is 0 Å². The molecule has 0 spiro atoms. The van der Waals surface area contributed by atoms with Crippen LogP contribution in [0.2, 0.25) is 0 Å². The second-order valence-electron chi connectivity index (χ2n) is 9.15. The summed E-state index contributed by atoms with van der Waals surface area (Å²) in [6.07, 6.45) is 4.41. The smallest absolute Gasteiger partial charge is 0.329 e. The number of hydrogen-bond acceptors (Lipinski definition) is 3. The molecule has 1 aromatic heterocycles. The number of aromatic nitrogens is 1. The lowest BCUT2D eigenvalue weighted by molar-refractivity contribution is -0.127. The average Bonchev–Trinajstić information content (AvgIpc) is 3.37. The summed E-state index contributed by atoms with van der Waals surface area (Å²) in [6.45, 7) is 4.37. The van der Waals surface area contributed by atoms with Crippen molar-refractivity contribution in [2.45, 2.75) is 26.8 Å². The molecular formula is C30H28N4O3. The molecule has 5 rings (SSSR count). The van der Waals surface area contributed by atoms with Gasteiger partial charge in [0.05, 0.1) is 0 Å². The largest absolute Gasteiger partial charge is 0.342 e. The van der Waals surface area contributed by atoms with E-state index in [1.54, 1.807) is 12.1 Å². The number of amides is 4. The van der Waals surface area contributed by atoms with Crippen molar-refractivity contribution >= 4 is 40.5 Å². The van der Waals surface area contributed by atoms with Gasteiger partial charge in [-0.3, -0.25) is 9.59 Å². The molecule has 4 aromatic rings. The first-order chi connectivity index (χ1) is 17.9. The molecule has 2 heterocycles. The molecule has 0 unspecified atom stereocenters. The predicted molar refractivity (Wildman–Crippen MR) is 145 cm³/mol. The zero-order chi connectivity index (χ0) is 25.9. The molecule has 1 aliphatic rings. The molecule has 1 aliphatic heterocycles. The van der Waals surface area contributed by atoms with Crippen LogP contribution in [0.5, 0.6) is 0 Å². The lowest BCUT2D eigenvalue weighted by Crippen LogP contribution is -2.38. The number of aryl methyl sites for hydroxylation is 2. The number of rotatable bonds is 7. The van der Waals surface area contributed by atoms with Gasteiger partial charge in [-0.25, -0.2) is 9.69 Å². The van der Waals surface area contributed by atoms with Crippen LogP contribution in [0, 0.1) is 6.92 Å². The summed E-state index contributed by atoms with van der Waals surface area (Å²) >= 11 is 0. The number of carbonyl (C=O) groups is 3. The quantitative estimate of drug-likeness (QED) is 0.278. The van der Waals surface area contributed by atoms with Gasteiger partial charge in [-0.2, -0.15) is 0 Å². The van der Waals surface area contributed by atoms with Crippen LogP contribution >= 0.6 is 0 Å². The molecule has 0 radical (unpaired) electrons. The van der Waals surface area contributed by atoms with Gasteiger partial charge in [0.25, 0.3) is 5.91 Å². The zero-order valence-electron chi connectivity index (χ0n) is 20.8. The molecule has 4 amide bonds. The van der Waals surface area contributed by atoms with E-state index in [0.717, 1.165) is 38.9 Å². The summed E-state index contributed by atoms with van der Waals surface area (Å²) in [5, 5.41) is 6.41. The first kappa shape index (κ1) is 24.1. The first-order valence-corrected chi connectivity index (χ1v) is 12.3. The second-order valence-corrected chi connectivity index (χ2v) is 9.15. The Kier molecular flexibility index (Phi) is 6.60. The van der Waals surface area contributed by atoms with E-state index >= 15 is 0 Å². The van der Waals surface area contributed by atoms with Gasteiger partial charge in [-0.15, -0.1) is 0 Å². The van der Waals surface area contributed by atoms with Gasteiger partial charge in [0.15, 0.2) is 0 Å². The van der Waals surface area contributed by atoms with Crippen molar-refractivity contribution in [3.8, 4) is 0 Å². The van der Waals surface area contributed by atoms with E-state index < -0.39 is 17.8 Å². The van der Waals surface area contributed by atoms with E-state index in [2.05, 4.69) is 46.4 Å². The zero-order valence-corrected chi connectivity index (χ0v) is 20.8. The highest BCUT2D eigenvalue weighted by Crippen LogP contribution is 2.26. The van der Waals surface area contributed by atoms with E-state index in [1.807, 2.05) is 55.6 Å². The molecule has 7 nitrogen and oxygen atoms in total. The molecule has 3 aromatic carbocycles. The Morgan fingerprint density at radius 2 is 1.70 bits per heavy atom. The Morgan fingerprint density at radius 1 is 0.973 bits per heavy atom. The lowest BCUT2D eigenvalue weighted by atomic mass is 10.1. The van der Waals surface area contributed by atoms with E-state index in [-0.39, 0.29) is 12.2 Å². The van der Waals surface area contributed by atoms with Gasteiger partial charge < -0.3 is 15.2 Å². The number of benzene rings is 3. The molecular weight excluding hydrogens is 464 g/mol. The van der Waals surface area contributed by atoms with Crippen LogP contribution in [0.3, 0.4) is 0 Å². The monoisotopic (exact) mass is 492 g/mol. The molecule has 0 saturated carbocycles. The van der Waals surface area contributed by atoms with Gasteiger partial charge in [-0.05, 0) is 42.7 Å². The second kappa shape index (κ2) is 10.1. The minimum Gasteiger partial charge on any atom is -0.342 e. The summed E-state index contributed by atoms with van der Waals surface area (Å²) in [5.41, 5.74) is 6.01. The Balaban J connectivity index is 1.37. The van der Waals surface area contributed by atoms with Crippen LogP contribution in [-0.2, 0) is 22.6 Å². The predicted octanol–water partition coefficient (Wildman–Crippen LogP) is 5.09. The number of carbonyl (C=O) groups excluding carboxylic acids is 3. The Morgan fingerprint density at radius 3 is 2.49 bits per heavy atom. The van der Waals surface area contributed by atoms with Crippen LogP contribution in [0.15, 0.2) is 84.7 Å². The van der Waals surface area contributed by atoms with E-state index in [1.165, 1.54) is 5.56 Å². The number of fused-ring (bicyclic) bond motifs is 1. The van der Waals surface area contributed by atoms with Gasteiger partial charge >= 0.3 is 6.03 Å². The average molecular weight is 493 g/mol. The SMILES string of the molecule is CCc1ccccc1NC(=O)CN1C(=O)N/C(=C/c2cn(Cc3ccc(C)cc3)c3ccccc23)C1=O. The fourth-order valence-corrected chi connectivity index (χ4v) is 4.57. The van der Waals surface area contributed by atoms with Gasteiger partial charge in [0.1, 0.15) is 12.2 Å². The highest BCUT2D eigenvalue weighted by Gasteiger charge is 2.35. The van der Waals surface area contributed by atoms with E-state index in [4.69, 9.17) is 0 Å². The minimum absolute atomic E-state index is 0.144. The Bertz CT molecular complexity index is 1530. The van der Waals surface area contributed by atoms with Gasteiger partial charge in [0, 0.05) is 34.9 Å². The van der Waals surface area contributed by atoms with E-state index in [0.29, 0.717) is 12.2 Å². The third-order valence-corrected chi connectivity index (χ3v) is 6.53. The lowest BCUT2D eigenvalue weighted by Gasteiger charge is -2.13. The molecule has 7 heteroatoms.